The van der Waals surface area contributed by atoms with Crippen molar-refractivity contribution in [3.63, 3.8) is 0 Å². The van der Waals surface area contributed by atoms with Gasteiger partial charge in [0.25, 0.3) is 0 Å². The highest BCUT2D eigenvalue weighted by atomic mass is 16.4. The minimum Gasteiger partial charge on any atom is -0.456 e. The molecule has 0 aliphatic rings. The maximum absolute atomic E-state index is 12.9. The Kier molecular flexibility index (Phi) is 3.51. The van der Waals surface area contributed by atoms with Gasteiger partial charge in [0, 0.05) is 38.0 Å². The number of para-hydroxylation sites is 3. The van der Waals surface area contributed by atoms with Gasteiger partial charge < -0.3 is 13.4 Å². The summed E-state index contributed by atoms with van der Waals surface area (Å²) in [6.07, 6.45) is 0. The lowest BCUT2D eigenvalue weighted by molar-refractivity contribution is 0.569. The monoisotopic (exact) mass is 451 g/mol. The Hall–Kier alpha value is -4.83. The molecule has 3 aromatic heterocycles. The molecule has 5 aromatic carbocycles. The zero-order valence-corrected chi connectivity index (χ0v) is 18.5. The van der Waals surface area contributed by atoms with Crippen molar-refractivity contribution in [1.29, 1.82) is 0 Å². The molecule has 164 valence electrons. The number of hydrogen-bond acceptors (Lipinski definition) is 3. The Bertz CT molecular complexity index is 2190. The van der Waals surface area contributed by atoms with Crippen molar-refractivity contribution < 1.29 is 8.83 Å². The molecule has 4 heteroatoms. The number of fused-ring (bicyclic) bond motifs is 9. The summed E-state index contributed by atoms with van der Waals surface area (Å²) in [7, 11) is 0. The Morgan fingerprint density at radius 1 is 0.457 bits per heavy atom. The van der Waals surface area contributed by atoms with E-state index in [-0.39, 0.29) is 5.63 Å². The van der Waals surface area contributed by atoms with Gasteiger partial charge in [0.05, 0.1) is 16.4 Å². The first-order chi connectivity index (χ1) is 17.3. The van der Waals surface area contributed by atoms with Crippen LogP contribution in [-0.4, -0.2) is 4.57 Å². The van der Waals surface area contributed by atoms with Crippen molar-refractivity contribution >= 4 is 65.5 Å². The van der Waals surface area contributed by atoms with Crippen LogP contribution in [0.5, 0.6) is 0 Å². The molecule has 0 unspecified atom stereocenters. The molecule has 8 aromatic rings. The number of benzene rings is 5. The maximum Gasteiger partial charge on any atom is 0.344 e. The molecule has 3 heterocycles. The molecule has 0 saturated carbocycles. The van der Waals surface area contributed by atoms with Gasteiger partial charge in [0.1, 0.15) is 16.7 Å². The van der Waals surface area contributed by atoms with E-state index in [1.807, 2.05) is 60.7 Å². The van der Waals surface area contributed by atoms with Gasteiger partial charge in [0.2, 0.25) is 0 Å². The van der Waals surface area contributed by atoms with Gasteiger partial charge in [0.15, 0.2) is 0 Å². The maximum atomic E-state index is 12.9. The average molecular weight is 451 g/mol. The van der Waals surface area contributed by atoms with E-state index in [1.54, 1.807) is 0 Å². The van der Waals surface area contributed by atoms with Gasteiger partial charge in [-0.25, -0.2) is 4.79 Å². The summed E-state index contributed by atoms with van der Waals surface area (Å²) in [6.45, 7) is 0. The fourth-order valence-electron chi connectivity index (χ4n) is 5.47. The molecule has 35 heavy (non-hydrogen) atoms. The summed E-state index contributed by atoms with van der Waals surface area (Å²) in [5, 5.41) is 6.80. The van der Waals surface area contributed by atoms with E-state index in [1.165, 1.54) is 0 Å². The third-order valence-electron chi connectivity index (χ3n) is 7.03. The molecule has 0 spiro atoms. The van der Waals surface area contributed by atoms with E-state index in [0.717, 1.165) is 60.2 Å². The number of rotatable bonds is 1. The summed E-state index contributed by atoms with van der Waals surface area (Å²) in [5.74, 6) is 0. The molecule has 0 fully saturated rings. The smallest absolute Gasteiger partial charge is 0.344 e. The van der Waals surface area contributed by atoms with E-state index >= 15 is 0 Å². The molecule has 0 radical (unpaired) electrons. The highest BCUT2D eigenvalue weighted by Crippen LogP contribution is 2.38. The number of furan rings is 1. The first-order valence-corrected chi connectivity index (χ1v) is 11.6. The Morgan fingerprint density at radius 2 is 1.14 bits per heavy atom. The quantitative estimate of drug-likeness (QED) is 0.188. The van der Waals surface area contributed by atoms with Crippen molar-refractivity contribution in [2.24, 2.45) is 0 Å². The van der Waals surface area contributed by atoms with Crippen LogP contribution in [0.25, 0.3) is 71.2 Å². The Labute approximate surface area is 198 Å². The normalized spacial score (nSPS) is 12.1. The summed E-state index contributed by atoms with van der Waals surface area (Å²) >= 11 is 0. The average Bonchev–Trinajstić information content (AvgIpc) is 3.42. The molecular weight excluding hydrogens is 434 g/mol. The second-order valence-corrected chi connectivity index (χ2v) is 8.93. The molecule has 0 amide bonds. The van der Waals surface area contributed by atoms with Crippen LogP contribution in [0.15, 0.2) is 117 Å². The van der Waals surface area contributed by atoms with Crippen LogP contribution in [0.3, 0.4) is 0 Å². The first kappa shape index (κ1) is 18.6. The largest absolute Gasteiger partial charge is 0.456 e. The van der Waals surface area contributed by atoms with Gasteiger partial charge in [-0.05, 0) is 42.5 Å². The predicted molar refractivity (Wildman–Crippen MR) is 142 cm³/mol. The van der Waals surface area contributed by atoms with E-state index in [0.29, 0.717) is 11.0 Å². The van der Waals surface area contributed by atoms with Crippen LogP contribution in [0.4, 0.5) is 0 Å². The van der Waals surface area contributed by atoms with Gasteiger partial charge >= 0.3 is 5.63 Å². The molecule has 0 bridgehead atoms. The molecule has 0 atom stereocenters. The molecule has 0 N–H and O–H groups in total. The van der Waals surface area contributed by atoms with Crippen molar-refractivity contribution in [1.82, 2.24) is 4.57 Å². The summed E-state index contributed by atoms with van der Waals surface area (Å²) in [6, 6.07) is 34.5. The predicted octanol–water partition coefficient (Wildman–Crippen LogP) is 7.94. The standard InChI is InChI=1S/C31H17NO3/c33-31-25-15-18(13-14-19(25)21-8-2-6-12-29(21)35-31)32-26-10-4-1-7-20(26)23-17-30-24(16-27(23)32)22-9-3-5-11-28(22)34-30/h1-17H. The lowest BCUT2D eigenvalue weighted by Crippen LogP contribution is -2.02. The summed E-state index contributed by atoms with van der Waals surface area (Å²) < 4.78 is 14.0. The van der Waals surface area contributed by atoms with Crippen molar-refractivity contribution in [2.75, 3.05) is 0 Å². The van der Waals surface area contributed by atoms with Crippen LogP contribution in [0, 0.1) is 0 Å². The second kappa shape index (κ2) is 6.61. The van der Waals surface area contributed by atoms with Crippen LogP contribution in [0.2, 0.25) is 0 Å². The van der Waals surface area contributed by atoms with E-state index < -0.39 is 0 Å². The number of hydrogen-bond donors (Lipinski definition) is 0. The zero-order valence-electron chi connectivity index (χ0n) is 18.5. The molecule has 8 rings (SSSR count). The molecule has 0 aliphatic carbocycles. The highest BCUT2D eigenvalue weighted by Gasteiger charge is 2.17. The number of aromatic nitrogens is 1. The lowest BCUT2D eigenvalue weighted by atomic mass is 10.1. The van der Waals surface area contributed by atoms with E-state index in [2.05, 4.69) is 47.0 Å². The topological polar surface area (TPSA) is 48.3 Å². The van der Waals surface area contributed by atoms with Gasteiger partial charge in [-0.2, -0.15) is 0 Å². The molecule has 4 nitrogen and oxygen atoms in total. The van der Waals surface area contributed by atoms with E-state index in [9.17, 15) is 4.79 Å². The molecular formula is C31H17NO3. The van der Waals surface area contributed by atoms with Crippen molar-refractivity contribution in [2.45, 2.75) is 0 Å². The van der Waals surface area contributed by atoms with Crippen LogP contribution < -0.4 is 5.63 Å². The lowest BCUT2D eigenvalue weighted by Gasteiger charge is -2.10. The van der Waals surface area contributed by atoms with Crippen LogP contribution in [0.1, 0.15) is 0 Å². The Balaban J connectivity index is 1.51. The van der Waals surface area contributed by atoms with Gasteiger partial charge in [-0.15, -0.1) is 0 Å². The SMILES string of the molecule is O=c1oc2ccccc2c2ccc(-n3c4ccccc4c4cc5oc6ccccc6c5cc43)cc12. The van der Waals surface area contributed by atoms with Crippen LogP contribution in [-0.2, 0) is 0 Å². The summed E-state index contributed by atoms with van der Waals surface area (Å²) in [5.41, 5.74) is 5.07. The molecule has 0 saturated heterocycles. The molecule has 0 aliphatic heterocycles. The highest BCUT2D eigenvalue weighted by molar-refractivity contribution is 6.17. The Morgan fingerprint density at radius 3 is 1.97 bits per heavy atom. The first-order valence-electron chi connectivity index (χ1n) is 11.6. The second-order valence-electron chi connectivity index (χ2n) is 8.93. The third-order valence-corrected chi connectivity index (χ3v) is 7.03. The minimum atomic E-state index is -0.329. The van der Waals surface area contributed by atoms with E-state index in [4.69, 9.17) is 8.83 Å². The third kappa shape index (κ3) is 2.48. The fourth-order valence-corrected chi connectivity index (χ4v) is 5.47. The summed E-state index contributed by atoms with van der Waals surface area (Å²) in [4.78, 5) is 12.9. The van der Waals surface area contributed by atoms with Crippen molar-refractivity contribution in [3.8, 4) is 5.69 Å². The zero-order chi connectivity index (χ0) is 23.1. The van der Waals surface area contributed by atoms with Gasteiger partial charge in [-0.1, -0.05) is 60.7 Å². The van der Waals surface area contributed by atoms with Gasteiger partial charge in [-0.3, -0.25) is 0 Å². The van der Waals surface area contributed by atoms with Crippen molar-refractivity contribution in [3.05, 3.63) is 114 Å². The minimum absolute atomic E-state index is 0.329. The number of nitrogens with zero attached hydrogens (tertiary/aromatic N) is 1. The van der Waals surface area contributed by atoms with Crippen LogP contribution >= 0.6 is 0 Å². The fraction of sp³-hybridized carbons (Fsp3) is 0.